The average Bonchev–Trinajstić information content (AvgIpc) is 2.89. The summed E-state index contributed by atoms with van der Waals surface area (Å²) in [6.07, 6.45) is 5.88. The minimum atomic E-state index is 0.108. The molecule has 1 aliphatic rings. The van der Waals surface area contributed by atoms with Crippen molar-refractivity contribution < 1.29 is 9.21 Å². The maximum atomic E-state index is 11.6. The molecule has 0 saturated carbocycles. The van der Waals surface area contributed by atoms with E-state index in [4.69, 9.17) is 4.42 Å². The maximum absolute atomic E-state index is 11.6. The van der Waals surface area contributed by atoms with Gasteiger partial charge in [-0.15, -0.1) is 0 Å². The quantitative estimate of drug-likeness (QED) is 0.901. The van der Waals surface area contributed by atoms with Crippen molar-refractivity contribution in [3.05, 3.63) is 53.5 Å². The van der Waals surface area contributed by atoms with E-state index in [2.05, 4.69) is 22.8 Å². The number of nitrogens with one attached hydrogen (secondary N) is 2. The standard InChI is InChI=1S/C16H18N2O2/c1-17-16(13-7-8-20-10-13)12-5-6-14-11(9-12)3-2-4-15(19)18-14/h5-10,16-17H,2-4H2,1H3,(H,18,19). The average molecular weight is 270 g/mol. The Hall–Kier alpha value is -2.07. The molecule has 0 spiro atoms. The molecular weight excluding hydrogens is 252 g/mol. The van der Waals surface area contributed by atoms with Crippen molar-refractivity contribution in [3.8, 4) is 0 Å². The zero-order valence-corrected chi connectivity index (χ0v) is 11.5. The van der Waals surface area contributed by atoms with E-state index < -0.39 is 0 Å². The molecule has 3 rings (SSSR count). The number of hydrogen-bond donors (Lipinski definition) is 2. The lowest BCUT2D eigenvalue weighted by molar-refractivity contribution is -0.116. The van der Waals surface area contributed by atoms with E-state index >= 15 is 0 Å². The van der Waals surface area contributed by atoms with Gasteiger partial charge in [-0.2, -0.15) is 0 Å². The first-order valence-corrected chi connectivity index (χ1v) is 6.90. The second-order valence-electron chi connectivity index (χ2n) is 5.10. The van der Waals surface area contributed by atoms with Crippen molar-refractivity contribution in [2.24, 2.45) is 0 Å². The Balaban J connectivity index is 1.95. The van der Waals surface area contributed by atoms with Gasteiger partial charge < -0.3 is 15.1 Å². The van der Waals surface area contributed by atoms with Crippen molar-refractivity contribution in [3.63, 3.8) is 0 Å². The van der Waals surface area contributed by atoms with Crippen LogP contribution in [0.15, 0.2) is 41.2 Å². The van der Waals surface area contributed by atoms with Crippen LogP contribution in [0.2, 0.25) is 0 Å². The molecule has 4 nitrogen and oxygen atoms in total. The minimum Gasteiger partial charge on any atom is -0.472 e. The summed E-state index contributed by atoms with van der Waals surface area (Å²) in [7, 11) is 1.94. The molecule has 1 aromatic heterocycles. The van der Waals surface area contributed by atoms with Gasteiger partial charge in [0.25, 0.3) is 0 Å². The molecule has 0 bridgehead atoms. The van der Waals surface area contributed by atoms with Crippen LogP contribution < -0.4 is 10.6 Å². The van der Waals surface area contributed by atoms with Crippen LogP contribution in [0.4, 0.5) is 5.69 Å². The molecule has 20 heavy (non-hydrogen) atoms. The molecule has 2 aromatic rings. The van der Waals surface area contributed by atoms with Gasteiger partial charge in [0.15, 0.2) is 0 Å². The summed E-state index contributed by atoms with van der Waals surface area (Å²) < 4.78 is 5.17. The van der Waals surface area contributed by atoms with Crippen LogP contribution >= 0.6 is 0 Å². The van der Waals surface area contributed by atoms with Gasteiger partial charge in [0.05, 0.1) is 18.6 Å². The lowest BCUT2D eigenvalue weighted by Gasteiger charge is -2.17. The maximum Gasteiger partial charge on any atom is 0.224 e. The van der Waals surface area contributed by atoms with Gasteiger partial charge in [-0.05, 0) is 43.1 Å². The van der Waals surface area contributed by atoms with Gasteiger partial charge >= 0.3 is 0 Å². The predicted molar refractivity (Wildman–Crippen MR) is 77.6 cm³/mol. The summed E-state index contributed by atoms with van der Waals surface area (Å²) in [5.74, 6) is 0.108. The number of rotatable bonds is 3. The lowest BCUT2D eigenvalue weighted by atomic mass is 9.97. The molecule has 0 radical (unpaired) electrons. The first-order valence-electron chi connectivity index (χ1n) is 6.90. The van der Waals surface area contributed by atoms with Gasteiger partial charge in [-0.3, -0.25) is 4.79 Å². The lowest BCUT2D eigenvalue weighted by Crippen LogP contribution is -2.17. The third-order valence-electron chi connectivity index (χ3n) is 3.75. The number of fused-ring (bicyclic) bond motifs is 1. The molecular formula is C16H18N2O2. The number of benzene rings is 1. The van der Waals surface area contributed by atoms with E-state index in [1.165, 1.54) is 11.1 Å². The fraction of sp³-hybridized carbons (Fsp3) is 0.312. The topological polar surface area (TPSA) is 54.3 Å². The highest BCUT2D eigenvalue weighted by atomic mass is 16.3. The second kappa shape index (κ2) is 5.51. The number of amides is 1. The van der Waals surface area contributed by atoms with Crippen molar-refractivity contribution >= 4 is 11.6 Å². The highest BCUT2D eigenvalue weighted by Crippen LogP contribution is 2.28. The van der Waals surface area contributed by atoms with E-state index in [0.717, 1.165) is 24.1 Å². The van der Waals surface area contributed by atoms with E-state index in [9.17, 15) is 4.79 Å². The van der Waals surface area contributed by atoms with E-state index in [0.29, 0.717) is 6.42 Å². The highest BCUT2D eigenvalue weighted by molar-refractivity contribution is 5.92. The Morgan fingerprint density at radius 2 is 2.15 bits per heavy atom. The van der Waals surface area contributed by atoms with Gasteiger partial charge in [0.2, 0.25) is 5.91 Å². The number of aryl methyl sites for hydroxylation is 1. The Bertz CT molecular complexity index is 605. The van der Waals surface area contributed by atoms with E-state index in [-0.39, 0.29) is 11.9 Å². The van der Waals surface area contributed by atoms with E-state index in [1.807, 2.05) is 19.2 Å². The van der Waals surface area contributed by atoms with Crippen LogP contribution in [0.3, 0.4) is 0 Å². The summed E-state index contributed by atoms with van der Waals surface area (Å²) in [5.41, 5.74) is 4.43. The molecule has 0 fully saturated rings. The largest absolute Gasteiger partial charge is 0.472 e. The molecule has 2 N–H and O–H groups in total. The SMILES string of the molecule is CNC(c1ccoc1)c1ccc2c(c1)CCCC(=O)N2. The van der Waals surface area contributed by atoms with Crippen molar-refractivity contribution in [1.29, 1.82) is 0 Å². The van der Waals surface area contributed by atoms with Crippen LogP contribution in [0, 0.1) is 0 Å². The van der Waals surface area contributed by atoms with Gasteiger partial charge in [-0.25, -0.2) is 0 Å². The van der Waals surface area contributed by atoms with Crippen molar-refractivity contribution in [2.75, 3.05) is 12.4 Å². The normalized spacial score (nSPS) is 16.1. The predicted octanol–water partition coefficient (Wildman–Crippen LogP) is 2.86. The van der Waals surface area contributed by atoms with Gasteiger partial charge in [0, 0.05) is 17.7 Å². The molecule has 0 saturated heterocycles. The Labute approximate surface area is 118 Å². The Morgan fingerprint density at radius 3 is 2.90 bits per heavy atom. The van der Waals surface area contributed by atoms with Crippen molar-refractivity contribution in [2.45, 2.75) is 25.3 Å². The molecule has 1 aromatic carbocycles. The minimum absolute atomic E-state index is 0.108. The highest BCUT2D eigenvalue weighted by Gasteiger charge is 2.17. The third kappa shape index (κ3) is 2.47. The second-order valence-corrected chi connectivity index (χ2v) is 5.10. The van der Waals surface area contributed by atoms with Gasteiger partial charge in [-0.1, -0.05) is 12.1 Å². The summed E-state index contributed by atoms with van der Waals surface area (Å²) in [6, 6.07) is 8.30. The summed E-state index contributed by atoms with van der Waals surface area (Å²) in [6.45, 7) is 0. The fourth-order valence-corrected chi connectivity index (χ4v) is 2.74. The number of carbonyl (C=O) groups excluding carboxylic acids is 1. The number of furan rings is 1. The first-order chi connectivity index (χ1) is 9.78. The zero-order chi connectivity index (χ0) is 13.9. The molecule has 1 atom stereocenters. The van der Waals surface area contributed by atoms with Crippen LogP contribution in [0.1, 0.15) is 35.6 Å². The molecule has 0 aliphatic carbocycles. The fourth-order valence-electron chi connectivity index (χ4n) is 2.74. The monoisotopic (exact) mass is 270 g/mol. The van der Waals surface area contributed by atoms with Crippen LogP contribution in [0.25, 0.3) is 0 Å². The Morgan fingerprint density at radius 1 is 1.25 bits per heavy atom. The molecule has 104 valence electrons. The third-order valence-corrected chi connectivity index (χ3v) is 3.75. The van der Waals surface area contributed by atoms with Crippen molar-refractivity contribution in [1.82, 2.24) is 5.32 Å². The summed E-state index contributed by atoms with van der Waals surface area (Å²) in [5, 5.41) is 6.27. The van der Waals surface area contributed by atoms with E-state index in [1.54, 1.807) is 12.5 Å². The number of hydrogen-bond acceptors (Lipinski definition) is 3. The number of anilines is 1. The molecule has 2 heterocycles. The van der Waals surface area contributed by atoms with Crippen LogP contribution in [-0.2, 0) is 11.2 Å². The smallest absolute Gasteiger partial charge is 0.224 e. The molecule has 4 heteroatoms. The molecule has 1 unspecified atom stereocenters. The summed E-state index contributed by atoms with van der Waals surface area (Å²) in [4.78, 5) is 11.6. The Kier molecular flexibility index (Phi) is 3.56. The number of carbonyl (C=O) groups is 1. The molecule has 1 amide bonds. The van der Waals surface area contributed by atoms with Crippen LogP contribution in [-0.4, -0.2) is 13.0 Å². The zero-order valence-electron chi connectivity index (χ0n) is 11.5. The summed E-state index contributed by atoms with van der Waals surface area (Å²) >= 11 is 0. The van der Waals surface area contributed by atoms with Crippen LogP contribution in [0.5, 0.6) is 0 Å². The van der Waals surface area contributed by atoms with Gasteiger partial charge in [0.1, 0.15) is 0 Å². The first kappa shape index (κ1) is 12.9. The molecule has 1 aliphatic heterocycles.